The summed E-state index contributed by atoms with van der Waals surface area (Å²) in [5.41, 5.74) is 1.09. The summed E-state index contributed by atoms with van der Waals surface area (Å²) in [4.78, 5) is 15.0. The minimum Gasteiger partial charge on any atom is -0.371 e. The van der Waals surface area contributed by atoms with Gasteiger partial charge in [0.05, 0.1) is 23.4 Å². The number of carbonyl (C=O) groups is 1. The molecule has 0 aromatic heterocycles. The Labute approximate surface area is 182 Å². The fourth-order valence-electron chi connectivity index (χ4n) is 4.13. The molecule has 2 saturated heterocycles. The zero-order valence-electron chi connectivity index (χ0n) is 16.5. The van der Waals surface area contributed by atoms with Crippen LogP contribution in [0.4, 0.5) is 0 Å². The molecule has 2 aromatic carbocycles. The maximum Gasteiger partial charge on any atom is 0.221 e. The summed E-state index contributed by atoms with van der Waals surface area (Å²) in [6.07, 6.45) is 0.760. The number of benzene rings is 2. The summed E-state index contributed by atoms with van der Waals surface area (Å²) >= 11 is 5.97. The van der Waals surface area contributed by atoms with Crippen molar-refractivity contribution in [3.8, 4) is 0 Å². The summed E-state index contributed by atoms with van der Waals surface area (Å²) in [7, 11) is -3.45. The lowest BCUT2D eigenvalue weighted by Gasteiger charge is -2.35. The van der Waals surface area contributed by atoms with E-state index in [1.807, 2.05) is 24.3 Å². The van der Waals surface area contributed by atoms with E-state index < -0.39 is 9.84 Å². The van der Waals surface area contributed by atoms with E-state index in [9.17, 15) is 13.2 Å². The number of hydrogen-bond donors (Lipinski definition) is 1. The lowest BCUT2D eigenvalue weighted by atomic mass is 10.1. The lowest BCUT2D eigenvalue weighted by Crippen LogP contribution is -2.43. The molecule has 2 fully saturated rings. The van der Waals surface area contributed by atoms with Crippen molar-refractivity contribution in [3.63, 3.8) is 0 Å². The van der Waals surface area contributed by atoms with E-state index in [1.165, 1.54) is 0 Å². The highest BCUT2D eigenvalue weighted by Crippen LogP contribution is 2.30. The van der Waals surface area contributed by atoms with Gasteiger partial charge in [-0.15, -0.1) is 0 Å². The number of nitrogens with zero attached hydrogens (tertiary/aromatic N) is 1. The van der Waals surface area contributed by atoms with Gasteiger partial charge in [-0.05, 0) is 36.2 Å². The average Bonchev–Trinajstić information content (AvgIpc) is 3.15. The first-order valence-electron chi connectivity index (χ1n) is 10.1. The van der Waals surface area contributed by atoms with E-state index in [1.54, 1.807) is 30.3 Å². The van der Waals surface area contributed by atoms with Crippen LogP contribution in [-0.2, 0) is 19.4 Å². The molecule has 30 heavy (non-hydrogen) atoms. The van der Waals surface area contributed by atoms with Gasteiger partial charge in [-0.3, -0.25) is 9.69 Å². The van der Waals surface area contributed by atoms with Gasteiger partial charge in [-0.1, -0.05) is 41.9 Å². The van der Waals surface area contributed by atoms with Gasteiger partial charge >= 0.3 is 0 Å². The molecule has 3 atom stereocenters. The average molecular weight is 449 g/mol. The smallest absolute Gasteiger partial charge is 0.221 e. The first-order valence-corrected chi connectivity index (χ1v) is 12.1. The topological polar surface area (TPSA) is 75.7 Å². The first-order chi connectivity index (χ1) is 14.4. The quantitative estimate of drug-likeness (QED) is 0.735. The van der Waals surface area contributed by atoms with Crippen LogP contribution in [0.3, 0.4) is 0 Å². The zero-order valence-corrected chi connectivity index (χ0v) is 18.1. The number of hydrogen-bond acceptors (Lipinski definition) is 5. The molecule has 0 spiro atoms. The zero-order chi connectivity index (χ0) is 21.1. The van der Waals surface area contributed by atoms with Crippen LogP contribution >= 0.6 is 11.6 Å². The van der Waals surface area contributed by atoms with Crippen LogP contribution in [0.25, 0.3) is 0 Å². The molecule has 4 rings (SSSR count). The highest BCUT2D eigenvalue weighted by molar-refractivity contribution is 7.91. The molecule has 2 aromatic rings. The van der Waals surface area contributed by atoms with Crippen molar-refractivity contribution in [2.45, 2.75) is 35.9 Å². The van der Waals surface area contributed by atoms with Gasteiger partial charge in [0, 0.05) is 36.6 Å². The van der Waals surface area contributed by atoms with E-state index in [-0.39, 0.29) is 41.2 Å². The second-order valence-electron chi connectivity index (χ2n) is 7.86. The predicted octanol–water partition coefficient (Wildman–Crippen LogP) is 2.83. The standard InChI is InChI=1S/C22H25ClN2O4S/c23-17-8-6-16(7-9-17)21-14-25-13-18(12-19(25)15-29-21)24-22(26)10-11-30(27,28)20-4-2-1-3-5-20/h1-9,18-19,21H,10-15H2,(H,24,26)/t18-,19+,21-/m1/s1. The van der Waals surface area contributed by atoms with Gasteiger partial charge in [-0.2, -0.15) is 0 Å². The second kappa shape index (κ2) is 9.06. The Morgan fingerprint density at radius 1 is 1.10 bits per heavy atom. The Morgan fingerprint density at radius 2 is 1.83 bits per heavy atom. The molecule has 2 heterocycles. The third-order valence-electron chi connectivity index (χ3n) is 5.73. The molecule has 160 valence electrons. The third-order valence-corrected chi connectivity index (χ3v) is 7.71. The van der Waals surface area contributed by atoms with Crippen LogP contribution in [0.2, 0.25) is 5.02 Å². The molecular formula is C22H25ClN2O4S. The number of nitrogens with one attached hydrogen (secondary N) is 1. The second-order valence-corrected chi connectivity index (χ2v) is 10.4. The lowest BCUT2D eigenvalue weighted by molar-refractivity contribution is -0.121. The number of ether oxygens (including phenoxy) is 1. The number of morpholine rings is 1. The Bertz CT molecular complexity index is 982. The highest BCUT2D eigenvalue weighted by Gasteiger charge is 2.38. The van der Waals surface area contributed by atoms with E-state index in [0.717, 1.165) is 25.1 Å². The molecule has 0 bridgehead atoms. The number of amides is 1. The van der Waals surface area contributed by atoms with Gasteiger partial charge in [0.1, 0.15) is 0 Å². The van der Waals surface area contributed by atoms with Crippen molar-refractivity contribution in [1.82, 2.24) is 10.2 Å². The number of fused-ring (bicyclic) bond motifs is 1. The van der Waals surface area contributed by atoms with Crippen molar-refractivity contribution in [3.05, 3.63) is 65.2 Å². The number of rotatable bonds is 6. The van der Waals surface area contributed by atoms with E-state index in [4.69, 9.17) is 16.3 Å². The van der Waals surface area contributed by atoms with E-state index in [2.05, 4.69) is 10.2 Å². The molecule has 1 N–H and O–H groups in total. The first kappa shape index (κ1) is 21.3. The predicted molar refractivity (Wildman–Crippen MR) is 115 cm³/mol. The van der Waals surface area contributed by atoms with Crippen LogP contribution < -0.4 is 5.32 Å². The van der Waals surface area contributed by atoms with Gasteiger partial charge < -0.3 is 10.1 Å². The van der Waals surface area contributed by atoms with Crippen LogP contribution in [-0.4, -0.2) is 56.8 Å². The fourth-order valence-corrected chi connectivity index (χ4v) is 5.52. The minimum absolute atomic E-state index is 0.00879. The normalized spacial score (nSPS) is 24.4. The van der Waals surface area contributed by atoms with Crippen molar-refractivity contribution in [2.24, 2.45) is 0 Å². The van der Waals surface area contributed by atoms with Crippen LogP contribution in [0.15, 0.2) is 59.5 Å². The van der Waals surface area contributed by atoms with Crippen molar-refractivity contribution >= 4 is 27.3 Å². The number of sulfone groups is 1. The molecule has 0 radical (unpaired) electrons. The molecule has 0 unspecified atom stereocenters. The highest BCUT2D eigenvalue weighted by atomic mass is 35.5. The summed E-state index contributed by atoms with van der Waals surface area (Å²) in [5.74, 6) is -0.417. The number of carbonyl (C=O) groups excluding carboxylic acids is 1. The summed E-state index contributed by atoms with van der Waals surface area (Å²) in [6.45, 7) is 2.12. The monoisotopic (exact) mass is 448 g/mol. The van der Waals surface area contributed by atoms with Crippen molar-refractivity contribution < 1.29 is 17.9 Å². The number of halogens is 1. The van der Waals surface area contributed by atoms with E-state index in [0.29, 0.717) is 11.6 Å². The molecular weight excluding hydrogens is 424 g/mol. The van der Waals surface area contributed by atoms with Crippen molar-refractivity contribution in [2.75, 3.05) is 25.4 Å². The molecule has 2 aliphatic heterocycles. The minimum atomic E-state index is -3.45. The van der Waals surface area contributed by atoms with Gasteiger partial charge in [0.15, 0.2) is 9.84 Å². The maximum atomic E-state index is 12.4. The molecule has 1 amide bonds. The van der Waals surface area contributed by atoms with Crippen LogP contribution in [0.5, 0.6) is 0 Å². The summed E-state index contributed by atoms with van der Waals surface area (Å²) in [5, 5.41) is 3.70. The molecule has 0 aliphatic carbocycles. The Hall–Kier alpha value is -1.93. The van der Waals surface area contributed by atoms with Crippen LogP contribution in [0.1, 0.15) is 24.5 Å². The fraction of sp³-hybridized carbons (Fsp3) is 0.409. The SMILES string of the molecule is O=C(CCS(=O)(=O)c1ccccc1)N[C@@H]1C[C@H]2CO[C@@H](c3ccc(Cl)cc3)CN2C1. The Kier molecular flexibility index (Phi) is 6.43. The molecule has 2 aliphatic rings. The Balaban J connectivity index is 1.27. The summed E-state index contributed by atoms with van der Waals surface area (Å²) < 4.78 is 30.8. The largest absolute Gasteiger partial charge is 0.371 e. The Morgan fingerprint density at radius 3 is 2.57 bits per heavy atom. The molecule has 0 saturated carbocycles. The molecule has 6 nitrogen and oxygen atoms in total. The summed E-state index contributed by atoms with van der Waals surface area (Å²) in [6, 6.07) is 16.2. The maximum absolute atomic E-state index is 12.4. The van der Waals surface area contributed by atoms with E-state index >= 15 is 0 Å². The van der Waals surface area contributed by atoms with Gasteiger partial charge in [-0.25, -0.2) is 8.42 Å². The molecule has 8 heteroatoms. The van der Waals surface area contributed by atoms with Crippen molar-refractivity contribution in [1.29, 1.82) is 0 Å². The van der Waals surface area contributed by atoms with Gasteiger partial charge in [0.2, 0.25) is 5.91 Å². The third kappa shape index (κ3) is 5.03. The van der Waals surface area contributed by atoms with Crippen LogP contribution in [0, 0.1) is 0 Å². The van der Waals surface area contributed by atoms with Gasteiger partial charge in [0.25, 0.3) is 0 Å².